The van der Waals surface area contributed by atoms with Crippen molar-refractivity contribution in [3.63, 3.8) is 0 Å². The summed E-state index contributed by atoms with van der Waals surface area (Å²) in [5, 5.41) is 7.54. The van der Waals surface area contributed by atoms with E-state index in [0.29, 0.717) is 35.0 Å². The molecule has 0 radical (unpaired) electrons. The number of anilines is 2. The molecule has 1 atom stereocenters. The Kier molecular flexibility index (Phi) is 6.28. The number of fused-ring (bicyclic) bond motifs is 1. The number of H-pyrrole nitrogens is 1. The fraction of sp³-hybridized carbons (Fsp3) is 0.667. The molecule has 3 aliphatic rings. The first kappa shape index (κ1) is 24.2. The molecule has 0 amide bonds. The summed E-state index contributed by atoms with van der Waals surface area (Å²) in [6.45, 7) is 10.2. The molecule has 0 bridgehead atoms. The van der Waals surface area contributed by atoms with Crippen LogP contribution in [0.5, 0.6) is 0 Å². The SMILES string of the molecule is C=C(C1CCC(C)CC1)n1c(N(C)CC2CC2)nc2nc(-c3noc(=O)[nH]3)nc(N[C@H](C)C3CCC3)c21. The van der Waals surface area contributed by atoms with Gasteiger partial charge in [0.1, 0.15) is 5.52 Å². The highest BCUT2D eigenvalue weighted by Gasteiger charge is 2.32. The van der Waals surface area contributed by atoms with Gasteiger partial charge in [0.05, 0.1) is 0 Å². The maximum atomic E-state index is 11.7. The van der Waals surface area contributed by atoms with Gasteiger partial charge >= 0.3 is 5.76 Å². The highest BCUT2D eigenvalue weighted by molar-refractivity contribution is 5.91. The van der Waals surface area contributed by atoms with Crippen molar-refractivity contribution in [1.29, 1.82) is 0 Å². The number of hydrogen-bond donors (Lipinski definition) is 2. The molecule has 10 heteroatoms. The van der Waals surface area contributed by atoms with Crippen molar-refractivity contribution >= 4 is 28.6 Å². The zero-order valence-corrected chi connectivity index (χ0v) is 22.2. The Morgan fingerprint density at radius 1 is 1.16 bits per heavy atom. The van der Waals surface area contributed by atoms with Crippen molar-refractivity contribution in [2.24, 2.45) is 23.7 Å². The van der Waals surface area contributed by atoms with Crippen LogP contribution >= 0.6 is 0 Å². The molecule has 198 valence electrons. The third-order valence-electron chi connectivity index (χ3n) is 8.71. The number of imidazole rings is 1. The molecule has 0 aromatic carbocycles. The number of aromatic amines is 1. The third kappa shape index (κ3) is 4.78. The molecular weight excluding hydrogens is 468 g/mol. The molecule has 37 heavy (non-hydrogen) atoms. The number of allylic oxidation sites excluding steroid dienone is 1. The largest absolute Gasteiger partial charge is 0.439 e. The van der Waals surface area contributed by atoms with E-state index < -0.39 is 5.76 Å². The second-order valence-corrected chi connectivity index (χ2v) is 11.7. The lowest BCUT2D eigenvalue weighted by Gasteiger charge is -2.33. The Hall–Kier alpha value is -3.17. The number of hydrogen-bond acceptors (Lipinski definition) is 8. The molecule has 3 heterocycles. The van der Waals surface area contributed by atoms with Crippen LogP contribution in [0, 0.1) is 23.7 Å². The van der Waals surface area contributed by atoms with Gasteiger partial charge in [-0.2, -0.15) is 4.98 Å². The highest BCUT2D eigenvalue weighted by atomic mass is 16.5. The van der Waals surface area contributed by atoms with E-state index in [9.17, 15) is 4.79 Å². The van der Waals surface area contributed by atoms with E-state index in [2.05, 4.69) is 52.4 Å². The van der Waals surface area contributed by atoms with Gasteiger partial charge < -0.3 is 10.2 Å². The summed E-state index contributed by atoms with van der Waals surface area (Å²) < 4.78 is 6.96. The molecular formula is C27H38N8O2. The van der Waals surface area contributed by atoms with Crippen molar-refractivity contribution in [3.05, 3.63) is 17.1 Å². The first-order chi connectivity index (χ1) is 17.9. The quantitative estimate of drug-likeness (QED) is 0.420. The number of rotatable bonds is 9. The van der Waals surface area contributed by atoms with Gasteiger partial charge in [-0.3, -0.25) is 14.1 Å². The Balaban J connectivity index is 1.49. The summed E-state index contributed by atoms with van der Waals surface area (Å²) >= 11 is 0. The van der Waals surface area contributed by atoms with E-state index in [1.54, 1.807) is 0 Å². The van der Waals surface area contributed by atoms with E-state index in [0.717, 1.165) is 42.5 Å². The summed E-state index contributed by atoms with van der Waals surface area (Å²) in [4.78, 5) is 31.2. The molecule has 3 aromatic heterocycles. The number of aromatic nitrogens is 6. The predicted molar refractivity (Wildman–Crippen MR) is 144 cm³/mol. The first-order valence-electron chi connectivity index (χ1n) is 13.9. The molecule has 3 fully saturated rings. The smallest absolute Gasteiger partial charge is 0.365 e. The minimum absolute atomic E-state index is 0.203. The Labute approximate surface area is 216 Å². The Morgan fingerprint density at radius 3 is 2.54 bits per heavy atom. The molecule has 3 aromatic rings. The molecule has 6 rings (SSSR count). The Bertz CT molecular complexity index is 1340. The molecule has 0 saturated heterocycles. The van der Waals surface area contributed by atoms with Gasteiger partial charge in [0, 0.05) is 25.3 Å². The monoisotopic (exact) mass is 506 g/mol. The molecule has 0 spiro atoms. The van der Waals surface area contributed by atoms with E-state index in [1.807, 2.05) is 0 Å². The molecule has 0 aliphatic heterocycles. The van der Waals surface area contributed by atoms with Gasteiger partial charge in [-0.05, 0) is 69.1 Å². The normalized spacial score (nSPS) is 23.1. The Morgan fingerprint density at radius 2 is 1.92 bits per heavy atom. The minimum Gasteiger partial charge on any atom is -0.365 e. The molecule has 2 N–H and O–H groups in total. The lowest BCUT2D eigenvalue weighted by atomic mass is 9.80. The lowest BCUT2D eigenvalue weighted by molar-refractivity contribution is 0.285. The van der Waals surface area contributed by atoms with Crippen molar-refractivity contribution in [2.75, 3.05) is 23.8 Å². The summed E-state index contributed by atoms with van der Waals surface area (Å²) in [5.74, 6) is 3.88. The fourth-order valence-corrected chi connectivity index (χ4v) is 5.85. The standard InChI is InChI=1S/C27H38N8O2/c1-15-8-12-20(13-9-15)17(3)35-21-22(28-16(2)19-6-5-7-19)29-24(25-32-27(36)37-33-25)30-23(21)31-26(35)34(4)14-18-10-11-18/h15-16,18-20H,3,5-14H2,1-2,4H3,(H,28,29,30)(H,32,33,36)/t15?,16-,20?/m1/s1. The van der Waals surface area contributed by atoms with Crippen molar-refractivity contribution in [2.45, 2.75) is 77.7 Å². The van der Waals surface area contributed by atoms with E-state index in [-0.39, 0.29) is 11.9 Å². The van der Waals surface area contributed by atoms with Gasteiger partial charge in [-0.1, -0.05) is 37.9 Å². The van der Waals surface area contributed by atoms with Crippen molar-refractivity contribution in [1.82, 2.24) is 29.7 Å². The second kappa shape index (κ2) is 9.61. The summed E-state index contributed by atoms with van der Waals surface area (Å²) in [7, 11) is 2.11. The first-order valence-corrected chi connectivity index (χ1v) is 13.9. The summed E-state index contributed by atoms with van der Waals surface area (Å²) in [6, 6.07) is 0.246. The van der Waals surface area contributed by atoms with Gasteiger partial charge in [-0.25, -0.2) is 14.8 Å². The average molecular weight is 507 g/mol. The van der Waals surface area contributed by atoms with Crippen LogP contribution < -0.4 is 16.0 Å². The van der Waals surface area contributed by atoms with Gasteiger partial charge in [0.15, 0.2) is 11.5 Å². The number of nitrogens with zero attached hydrogens (tertiary/aromatic N) is 6. The molecule has 10 nitrogen and oxygen atoms in total. The maximum absolute atomic E-state index is 11.7. The predicted octanol–water partition coefficient (Wildman–Crippen LogP) is 4.91. The van der Waals surface area contributed by atoms with Crippen molar-refractivity contribution in [3.8, 4) is 11.6 Å². The highest BCUT2D eigenvalue weighted by Crippen LogP contribution is 2.41. The van der Waals surface area contributed by atoms with Crippen LogP contribution in [0.4, 0.5) is 11.8 Å². The van der Waals surface area contributed by atoms with Crippen LogP contribution in [0.3, 0.4) is 0 Å². The summed E-state index contributed by atoms with van der Waals surface area (Å²) in [5.41, 5.74) is 2.49. The maximum Gasteiger partial charge on any atom is 0.439 e. The van der Waals surface area contributed by atoms with E-state index in [4.69, 9.17) is 19.5 Å². The zero-order chi connectivity index (χ0) is 25.7. The topological polar surface area (TPSA) is 118 Å². The summed E-state index contributed by atoms with van der Waals surface area (Å²) in [6.07, 6.45) is 10.9. The van der Waals surface area contributed by atoms with Crippen LogP contribution in [0.15, 0.2) is 15.9 Å². The molecule has 0 unspecified atom stereocenters. The van der Waals surface area contributed by atoms with E-state index in [1.165, 1.54) is 44.9 Å². The van der Waals surface area contributed by atoms with Crippen LogP contribution in [0.2, 0.25) is 0 Å². The number of nitrogens with one attached hydrogen (secondary N) is 2. The fourth-order valence-electron chi connectivity index (χ4n) is 5.85. The zero-order valence-electron chi connectivity index (χ0n) is 22.2. The van der Waals surface area contributed by atoms with Crippen LogP contribution in [0.25, 0.3) is 28.5 Å². The minimum atomic E-state index is -0.633. The lowest BCUT2D eigenvalue weighted by Crippen LogP contribution is -2.31. The second-order valence-electron chi connectivity index (χ2n) is 11.7. The van der Waals surface area contributed by atoms with Gasteiger partial charge in [0.25, 0.3) is 0 Å². The van der Waals surface area contributed by atoms with E-state index >= 15 is 0 Å². The average Bonchev–Trinajstić information content (AvgIpc) is 3.39. The van der Waals surface area contributed by atoms with Crippen LogP contribution in [-0.2, 0) is 0 Å². The van der Waals surface area contributed by atoms with Gasteiger partial charge in [-0.15, -0.1) is 0 Å². The molecule has 3 saturated carbocycles. The molecule has 3 aliphatic carbocycles. The van der Waals surface area contributed by atoms with Crippen LogP contribution in [-0.4, -0.2) is 49.3 Å². The van der Waals surface area contributed by atoms with Crippen molar-refractivity contribution < 1.29 is 4.52 Å². The van der Waals surface area contributed by atoms with Gasteiger partial charge in [0.2, 0.25) is 17.6 Å². The van der Waals surface area contributed by atoms with Crippen LogP contribution in [0.1, 0.15) is 71.6 Å². The third-order valence-corrected chi connectivity index (χ3v) is 8.71.